The molecule has 3 aromatic rings. The number of rotatable bonds is 8. The third-order valence-electron chi connectivity index (χ3n) is 4.91. The minimum atomic E-state index is -0.170. The van der Waals surface area contributed by atoms with Gasteiger partial charge in [-0.2, -0.15) is 5.10 Å². The maximum absolute atomic E-state index is 12.4. The minimum absolute atomic E-state index is 0.0257. The zero-order valence-corrected chi connectivity index (χ0v) is 17.5. The summed E-state index contributed by atoms with van der Waals surface area (Å²) >= 11 is 0. The van der Waals surface area contributed by atoms with E-state index in [-0.39, 0.29) is 35.5 Å². The van der Waals surface area contributed by atoms with Gasteiger partial charge in [0, 0.05) is 25.5 Å². The lowest BCUT2D eigenvalue weighted by Gasteiger charge is -2.16. The summed E-state index contributed by atoms with van der Waals surface area (Å²) in [5.74, 6) is 1.08. The van der Waals surface area contributed by atoms with Crippen molar-refractivity contribution in [2.45, 2.75) is 26.2 Å². The molecule has 1 aliphatic rings. The van der Waals surface area contributed by atoms with Gasteiger partial charge in [-0.05, 0) is 25.0 Å². The van der Waals surface area contributed by atoms with Gasteiger partial charge in [-0.1, -0.05) is 13.0 Å². The summed E-state index contributed by atoms with van der Waals surface area (Å²) in [6.07, 6.45) is 3.63. The first-order valence-electron chi connectivity index (χ1n) is 10.0. The maximum Gasteiger partial charge on any atom is 0.228 e. The predicted molar refractivity (Wildman–Crippen MR) is 114 cm³/mol. The highest BCUT2D eigenvalue weighted by atomic mass is 16.5. The van der Waals surface area contributed by atoms with Gasteiger partial charge >= 0.3 is 0 Å². The van der Waals surface area contributed by atoms with E-state index in [1.165, 1.54) is 0 Å². The molecular formula is C21H23N7O3. The van der Waals surface area contributed by atoms with Crippen LogP contribution >= 0.6 is 0 Å². The first-order chi connectivity index (χ1) is 15.0. The van der Waals surface area contributed by atoms with Crippen LogP contribution in [0.5, 0.6) is 5.75 Å². The number of aryl methyl sites for hydroxylation is 1. The van der Waals surface area contributed by atoms with E-state index in [0.717, 1.165) is 12.8 Å². The molecule has 0 aliphatic heterocycles. The Balaban J connectivity index is 1.71. The fourth-order valence-corrected chi connectivity index (χ4v) is 3.13. The molecular weight excluding hydrogens is 398 g/mol. The molecule has 0 spiro atoms. The Hall–Kier alpha value is -3.82. The van der Waals surface area contributed by atoms with Gasteiger partial charge in [-0.3, -0.25) is 14.3 Å². The van der Waals surface area contributed by atoms with Crippen molar-refractivity contribution in [3.05, 3.63) is 36.3 Å². The molecule has 1 saturated carbocycles. The van der Waals surface area contributed by atoms with Crippen LogP contribution in [0, 0.1) is 5.92 Å². The summed E-state index contributed by atoms with van der Waals surface area (Å²) in [5.41, 5.74) is 1.92. The minimum Gasteiger partial charge on any atom is -0.494 e. The lowest BCUT2D eigenvalue weighted by atomic mass is 10.1. The molecule has 10 nitrogen and oxygen atoms in total. The fourth-order valence-electron chi connectivity index (χ4n) is 3.13. The SMILES string of the molecule is CCC(=O)c1nnc(NC(=O)C2CC2)cc1Nc1cccc(-c2ncn(C)n2)c1OC. The van der Waals surface area contributed by atoms with Crippen LogP contribution in [0.4, 0.5) is 17.2 Å². The van der Waals surface area contributed by atoms with Crippen LogP contribution in [0.2, 0.25) is 0 Å². The summed E-state index contributed by atoms with van der Waals surface area (Å²) in [6.45, 7) is 1.75. The number of hydrogen-bond acceptors (Lipinski definition) is 8. The van der Waals surface area contributed by atoms with E-state index in [1.807, 2.05) is 18.2 Å². The zero-order valence-electron chi connectivity index (χ0n) is 17.5. The molecule has 1 aliphatic carbocycles. The number of methoxy groups -OCH3 is 1. The summed E-state index contributed by atoms with van der Waals surface area (Å²) in [6, 6.07) is 7.11. The van der Waals surface area contributed by atoms with Crippen LogP contribution in [0.1, 0.15) is 36.7 Å². The molecule has 1 amide bonds. The summed E-state index contributed by atoms with van der Waals surface area (Å²) < 4.78 is 7.24. The maximum atomic E-state index is 12.4. The molecule has 0 bridgehead atoms. The third kappa shape index (κ3) is 4.37. The van der Waals surface area contributed by atoms with Crippen LogP contribution in [-0.2, 0) is 11.8 Å². The molecule has 0 radical (unpaired) electrons. The lowest BCUT2D eigenvalue weighted by Crippen LogP contribution is -2.16. The topological polar surface area (TPSA) is 124 Å². The molecule has 0 atom stereocenters. The first-order valence-corrected chi connectivity index (χ1v) is 10.0. The molecule has 0 saturated heterocycles. The molecule has 4 rings (SSSR count). The normalized spacial score (nSPS) is 13.0. The number of para-hydroxylation sites is 1. The Morgan fingerprint density at radius 1 is 1.23 bits per heavy atom. The van der Waals surface area contributed by atoms with Gasteiger partial charge in [0.25, 0.3) is 0 Å². The average Bonchev–Trinajstić information content (AvgIpc) is 3.54. The van der Waals surface area contributed by atoms with E-state index in [0.29, 0.717) is 28.5 Å². The Morgan fingerprint density at radius 2 is 2.03 bits per heavy atom. The average molecular weight is 421 g/mol. The number of hydrogen-bond donors (Lipinski definition) is 2. The second kappa shape index (κ2) is 8.50. The predicted octanol–water partition coefficient (Wildman–Crippen LogP) is 2.97. The highest BCUT2D eigenvalue weighted by Crippen LogP contribution is 2.37. The molecule has 2 aromatic heterocycles. The van der Waals surface area contributed by atoms with Gasteiger partial charge < -0.3 is 15.4 Å². The fraction of sp³-hybridized carbons (Fsp3) is 0.333. The van der Waals surface area contributed by atoms with Crippen molar-refractivity contribution < 1.29 is 14.3 Å². The second-order valence-corrected chi connectivity index (χ2v) is 7.29. The quantitative estimate of drug-likeness (QED) is 0.532. The Bertz CT molecular complexity index is 1140. The second-order valence-electron chi connectivity index (χ2n) is 7.29. The number of amides is 1. The van der Waals surface area contributed by atoms with E-state index in [2.05, 4.69) is 30.9 Å². The molecule has 2 heterocycles. The molecule has 1 fully saturated rings. The highest BCUT2D eigenvalue weighted by Gasteiger charge is 2.30. The summed E-state index contributed by atoms with van der Waals surface area (Å²) in [4.78, 5) is 28.9. The van der Waals surface area contributed by atoms with Gasteiger partial charge in [-0.25, -0.2) is 4.98 Å². The monoisotopic (exact) mass is 421 g/mol. The summed E-state index contributed by atoms with van der Waals surface area (Å²) in [5, 5.41) is 18.4. The molecule has 2 N–H and O–H groups in total. The number of anilines is 3. The van der Waals surface area contributed by atoms with E-state index in [9.17, 15) is 9.59 Å². The molecule has 1 aromatic carbocycles. The van der Waals surface area contributed by atoms with Gasteiger partial charge in [0.05, 0.1) is 24.0 Å². The van der Waals surface area contributed by atoms with Crippen LogP contribution < -0.4 is 15.4 Å². The highest BCUT2D eigenvalue weighted by molar-refractivity contribution is 6.01. The number of nitrogens with one attached hydrogen (secondary N) is 2. The van der Waals surface area contributed by atoms with Crippen LogP contribution in [-0.4, -0.2) is 43.8 Å². The number of carbonyl (C=O) groups excluding carboxylic acids is 2. The van der Waals surface area contributed by atoms with Crippen molar-refractivity contribution >= 4 is 28.9 Å². The largest absolute Gasteiger partial charge is 0.494 e. The van der Waals surface area contributed by atoms with E-state index in [1.54, 1.807) is 38.2 Å². The van der Waals surface area contributed by atoms with E-state index < -0.39 is 0 Å². The number of benzene rings is 1. The van der Waals surface area contributed by atoms with Crippen molar-refractivity contribution in [1.29, 1.82) is 0 Å². The van der Waals surface area contributed by atoms with Crippen molar-refractivity contribution in [3.63, 3.8) is 0 Å². The van der Waals surface area contributed by atoms with Gasteiger partial charge in [0.15, 0.2) is 28.9 Å². The number of ketones is 1. The Labute approximate surface area is 179 Å². The molecule has 10 heteroatoms. The first kappa shape index (κ1) is 20.5. The number of nitrogens with zero attached hydrogens (tertiary/aromatic N) is 5. The van der Waals surface area contributed by atoms with Crippen LogP contribution in [0.15, 0.2) is 30.6 Å². The van der Waals surface area contributed by atoms with Gasteiger partial charge in [0.2, 0.25) is 5.91 Å². The summed E-state index contributed by atoms with van der Waals surface area (Å²) in [7, 11) is 3.34. The Morgan fingerprint density at radius 3 is 2.68 bits per heavy atom. The molecule has 0 unspecified atom stereocenters. The van der Waals surface area contributed by atoms with E-state index >= 15 is 0 Å². The number of Topliss-reactive ketones (excluding diaryl/α,β-unsaturated/α-hetero) is 1. The smallest absolute Gasteiger partial charge is 0.228 e. The van der Waals surface area contributed by atoms with Gasteiger partial charge in [-0.15, -0.1) is 10.2 Å². The van der Waals surface area contributed by atoms with Crippen molar-refractivity contribution in [1.82, 2.24) is 25.0 Å². The molecule has 160 valence electrons. The Kier molecular flexibility index (Phi) is 5.61. The van der Waals surface area contributed by atoms with Crippen molar-refractivity contribution in [3.8, 4) is 17.1 Å². The third-order valence-corrected chi connectivity index (χ3v) is 4.91. The lowest BCUT2D eigenvalue weighted by molar-refractivity contribution is -0.117. The van der Waals surface area contributed by atoms with Gasteiger partial charge in [0.1, 0.15) is 6.33 Å². The van der Waals surface area contributed by atoms with Crippen LogP contribution in [0.3, 0.4) is 0 Å². The number of ether oxygens (including phenoxy) is 1. The van der Waals surface area contributed by atoms with E-state index in [4.69, 9.17) is 4.74 Å². The van der Waals surface area contributed by atoms with Crippen molar-refractivity contribution in [2.75, 3.05) is 17.7 Å². The standard InChI is InChI=1S/C21H23N7O3/c1-4-16(29)18-15(10-17(25-26-18)24-21(30)12-8-9-12)23-14-7-5-6-13(19(14)31-3)20-22-11-28(2)27-20/h5-7,10-12H,4,8-9H2,1-3H3,(H2,23,24,25,30). The molecule has 31 heavy (non-hydrogen) atoms. The van der Waals surface area contributed by atoms with Crippen LogP contribution in [0.25, 0.3) is 11.4 Å². The zero-order chi connectivity index (χ0) is 22.0. The van der Waals surface area contributed by atoms with Crippen molar-refractivity contribution in [2.24, 2.45) is 13.0 Å². The number of aromatic nitrogens is 5. The number of carbonyl (C=O) groups is 2.